The molecule has 0 bridgehead atoms. The second-order valence-electron chi connectivity index (χ2n) is 7.18. The number of benzene rings is 2. The number of nitrogens with zero attached hydrogens (tertiary/aromatic N) is 2. The van der Waals surface area contributed by atoms with E-state index in [0.29, 0.717) is 26.1 Å². The zero-order valence-corrected chi connectivity index (χ0v) is 16.8. The molecule has 1 N–H and O–H groups in total. The van der Waals surface area contributed by atoms with E-state index in [0.717, 1.165) is 34.7 Å². The van der Waals surface area contributed by atoms with E-state index in [4.69, 9.17) is 16.4 Å². The molecular formula is C23H27ClN2O2. The van der Waals surface area contributed by atoms with Crippen molar-refractivity contribution in [2.24, 2.45) is 5.16 Å². The van der Waals surface area contributed by atoms with E-state index in [2.05, 4.69) is 22.7 Å². The minimum Gasteiger partial charge on any atom is -0.392 e. The molecule has 0 spiro atoms. The number of aliphatic hydroxyl groups excluding tert-OH is 1. The Morgan fingerprint density at radius 1 is 1.25 bits per heavy atom. The molecule has 0 saturated heterocycles. The number of aliphatic hydroxyl groups is 1. The normalized spacial score (nSPS) is 17.2. The zero-order chi connectivity index (χ0) is 19.8. The van der Waals surface area contributed by atoms with Gasteiger partial charge in [0.15, 0.2) is 0 Å². The largest absolute Gasteiger partial charge is 0.392 e. The van der Waals surface area contributed by atoms with Crippen LogP contribution in [0.5, 0.6) is 0 Å². The molecule has 1 aliphatic heterocycles. The molecule has 2 aromatic rings. The molecule has 0 radical (unpaired) electrons. The fourth-order valence-corrected chi connectivity index (χ4v) is 3.62. The summed E-state index contributed by atoms with van der Waals surface area (Å²) in [5, 5.41) is 15.4. The first-order chi connectivity index (χ1) is 13.6. The summed E-state index contributed by atoms with van der Waals surface area (Å²) in [6.07, 6.45) is 3.66. The average Bonchev–Trinajstić information content (AvgIpc) is 3.15. The van der Waals surface area contributed by atoms with Crippen molar-refractivity contribution in [3.05, 3.63) is 83.4 Å². The van der Waals surface area contributed by atoms with Gasteiger partial charge < -0.3 is 9.94 Å². The van der Waals surface area contributed by atoms with Crippen LogP contribution < -0.4 is 0 Å². The number of oxime groups is 1. The molecule has 28 heavy (non-hydrogen) atoms. The molecule has 2 atom stereocenters. The standard InChI is InChI=1S/C23H27ClN2O2/c1-2-3-12-21(27)16-26(15-18-8-7-11-20(24)13-18)17-22-14-23(25-28-22)19-9-5-4-6-10-19/h2,4-11,13,21-22,27H,1,3,12,14-17H2. The molecule has 2 aromatic carbocycles. The third-order valence-electron chi connectivity index (χ3n) is 4.77. The van der Waals surface area contributed by atoms with E-state index in [1.165, 1.54) is 0 Å². The Kier molecular flexibility index (Phi) is 7.66. The van der Waals surface area contributed by atoms with Gasteiger partial charge in [0, 0.05) is 31.1 Å². The Bertz CT molecular complexity index is 794. The fourth-order valence-electron chi connectivity index (χ4n) is 3.41. The Balaban J connectivity index is 1.62. The van der Waals surface area contributed by atoms with E-state index < -0.39 is 6.10 Å². The minimum atomic E-state index is -0.409. The van der Waals surface area contributed by atoms with E-state index in [9.17, 15) is 5.11 Å². The lowest BCUT2D eigenvalue weighted by atomic mass is 10.0. The first-order valence-corrected chi connectivity index (χ1v) is 10.1. The number of hydrogen-bond acceptors (Lipinski definition) is 4. The second-order valence-corrected chi connectivity index (χ2v) is 7.62. The maximum atomic E-state index is 10.4. The molecule has 2 unspecified atom stereocenters. The Labute approximate surface area is 172 Å². The van der Waals surface area contributed by atoms with Crippen LogP contribution >= 0.6 is 11.6 Å². The van der Waals surface area contributed by atoms with Crippen LogP contribution in [0.4, 0.5) is 0 Å². The maximum absolute atomic E-state index is 10.4. The Morgan fingerprint density at radius 3 is 2.82 bits per heavy atom. The van der Waals surface area contributed by atoms with Gasteiger partial charge in [0.05, 0.1) is 11.8 Å². The molecule has 1 heterocycles. The lowest BCUT2D eigenvalue weighted by Gasteiger charge is -2.27. The van der Waals surface area contributed by atoms with Gasteiger partial charge in [0.25, 0.3) is 0 Å². The predicted molar refractivity (Wildman–Crippen MR) is 115 cm³/mol. The highest BCUT2D eigenvalue weighted by Gasteiger charge is 2.25. The monoisotopic (exact) mass is 398 g/mol. The molecule has 0 amide bonds. The van der Waals surface area contributed by atoms with Gasteiger partial charge in [-0.2, -0.15) is 0 Å². The molecule has 4 nitrogen and oxygen atoms in total. The number of rotatable bonds is 10. The Morgan fingerprint density at radius 2 is 2.07 bits per heavy atom. The summed E-state index contributed by atoms with van der Waals surface area (Å²) in [4.78, 5) is 7.91. The van der Waals surface area contributed by atoms with Crippen molar-refractivity contribution in [1.29, 1.82) is 0 Å². The van der Waals surface area contributed by atoms with Crippen molar-refractivity contribution in [2.45, 2.75) is 38.0 Å². The van der Waals surface area contributed by atoms with Gasteiger partial charge in [-0.05, 0) is 36.1 Å². The van der Waals surface area contributed by atoms with Gasteiger partial charge in [-0.1, -0.05) is 65.3 Å². The van der Waals surface area contributed by atoms with Crippen LogP contribution in [-0.2, 0) is 11.4 Å². The summed E-state index contributed by atoms with van der Waals surface area (Å²) in [5.74, 6) is 0. The van der Waals surface area contributed by atoms with Gasteiger partial charge in [0.2, 0.25) is 0 Å². The average molecular weight is 399 g/mol. The Hall–Kier alpha value is -2.14. The number of allylic oxidation sites excluding steroid dienone is 1. The zero-order valence-electron chi connectivity index (χ0n) is 16.0. The highest BCUT2D eigenvalue weighted by atomic mass is 35.5. The summed E-state index contributed by atoms with van der Waals surface area (Å²) in [6, 6.07) is 17.9. The summed E-state index contributed by atoms with van der Waals surface area (Å²) in [6.45, 7) is 5.70. The number of halogens is 1. The van der Waals surface area contributed by atoms with Gasteiger partial charge in [-0.15, -0.1) is 6.58 Å². The van der Waals surface area contributed by atoms with Crippen molar-refractivity contribution in [3.8, 4) is 0 Å². The van der Waals surface area contributed by atoms with E-state index in [1.807, 2.05) is 54.6 Å². The molecule has 5 heteroatoms. The highest BCUT2D eigenvalue weighted by molar-refractivity contribution is 6.30. The molecule has 0 aliphatic carbocycles. The van der Waals surface area contributed by atoms with Crippen molar-refractivity contribution in [3.63, 3.8) is 0 Å². The molecular weight excluding hydrogens is 372 g/mol. The third kappa shape index (κ3) is 6.20. The molecule has 0 saturated carbocycles. The van der Waals surface area contributed by atoms with Gasteiger partial charge in [0.1, 0.15) is 6.10 Å². The van der Waals surface area contributed by atoms with Crippen LogP contribution in [-0.4, -0.2) is 41.0 Å². The van der Waals surface area contributed by atoms with Crippen LogP contribution in [0.3, 0.4) is 0 Å². The summed E-state index contributed by atoms with van der Waals surface area (Å²) in [5.41, 5.74) is 3.18. The lowest BCUT2D eigenvalue weighted by molar-refractivity contribution is 0.0308. The molecule has 148 valence electrons. The van der Waals surface area contributed by atoms with Crippen LogP contribution in [0.25, 0.3) is 0 Å². The topological polar surface area (TPSA) is 45.1 Å². The SMILES string of the molecule is C=CCCC(O)CN(Cc1cccc(Cl)c1)CC1CC(c2ccccc2)=NO1. The minimum absolute atomic E-state index is 0.0269. The lowest BCUT2D eigenvalue weighted by Crippen LogP contribution is -2.37. The van der Waals surface area contributed by atoms with Crippen molar-refractivity contribution in [1.82, 2.24) is 4.90 Å². The van der Waals surface area contributed by atoms with Gasteiger partial charge >= 0.3 is 0 Å². The van der Waals surface area contributed by atoms with Crippen molar-refractivity contribution in [2.75, 3.05) is 13.1 Å². The van der Waals surface area contributed by atoms with E-state index in [1.54, 1.807) is 0 Å². The second kappa shape index (κ2) is 10.4. The molecule has 0 aromatic heterocycles. The maximum Gasteiger partial charge on any atom is 0.145 e. The van der Waals surface area contributed by atoms with Crippen LogP contribution in [0, 0.1) is 0 Å². The fraction of sp³-hybridized carbons (Fsp3) is 0.348. The van der Waals surface area contributed by atoms with E-state index >= 15 is 0 Å². The predicted octanol–water partition coefficient (Wildman–Crippen LogP) is 4.66. The summed E-state index contributed by atoms with van der Waals surface area (Å²) < 4.78 is 0. The number of hydrogen-bond donors (Lipinski definition) is 1. The quantitative estimate of drug-likeness (QED) is 0.592. The van der Waals surface area contributed by atoms with Crippen LogP contribution in [0.2, 0.25) is 5.02 Å². The molecule has 3 rings (SSSR count). The highest BCUT2D eigenvalue weighted by Crippen LogP contribution is 2.20. The molecule has 0 fully saturated rings. The first kappa shape index (κ1) is 20.6. The smallest absolute Gasteiger partial charge is 0.145 e. The van der Waals surface area contributed by atoms with Gasteiger partial charge in [-0.3, -0.25) is 4.90 Å². The first-order valence-electron chi connectivity index (χ1n) is 9.68. The van der Waals surface area contributed by atoms with Gasteiger partial charge in [-0.25, -0.2) is 0 Å². The van der Waals surface area contributed by atoms with Crippen molar-refractivity contribution >= 4 is 17.3 Å². The van der Waals surface area contributed by atoms with Crippen LogP contribution in [0.1, 0.15) is 30.4 Å². The van der Waals surface area contributed by atoms with Crippen LogP contribution in [0.15, 0.2) is 72.4 Å². The summed E-state index contributed by atoms with van der Waals surface area (Å²) >= 11 is 6.14. The molecule has 1 aliphatic rings. The van der Waals surface area contributed by atoms with E-state index in [-0.39, 0.29) is 6.10 Å². The third-order valence-corrected chi connectivity index (χ3v) is 5.01. The summed E-state index contributed by atoms with van der Waals surface area (Å²) in [7, 11) is 0. The van der Waals surface area contributed by atoms with Crippen molar-refractivity contribution < 1.29 is 9.94 Å².